The molecule has 0 radical (unpaired) electrons. The number of anilines is 1. The summed E-state index contributed by atoms with van der Waals surface area (Å²) in [6.45, 7) is 3.53. The summed E-state index contributed by atoms with van der Waals surface area (Å²) in [6, 6.07) is 3.14. The van der Waals surface area contributed by atoms with Crippen molar-refractivity contribution in [3.8, 4) is 0 Å². The van der Waals surface area contributed by atoms with Crippen LogP contribution in [0.2, 0.25) is 0 Å². The molecular weight excluding hydrogens is 328 g/mol. The predicted molar refractivity (Wildman–Crippen MR) is 71.2 cm³/mol. The van der Waals surface area contributed by atoms with Crippen molar-refractivity contribution in [3.05, 3.63) is 21.4 Å². The van der Waals surface area contributed by atoms with E-state index in [0.717, 1.165) is 9.26 Å². The molecule has 1 heterocycles. The molecule has 3 N–H and O–H groups in total. The van der Waals surface area contributed by atoms with Crippen LogP contribution in [-0.2, 0) is 4.79 Å². The number of carbonyl (C=O) groups excluding carboxylic acids is 1. The molecule has 1 aromatic rings. The van der Waals surface area contributed by atoms with Crippen LogP contribution in [0, 0.1) is 10.5 Å². The molecule has 4 nitrogen and oxygen atoms in total. The number of halogens is 2. The van der Waals surface area contributed by atoms with Gasteiger partial charge in [-0.15, -0.1) is 12.4 Å². The number of nitrogens with zero attached hydrogens (tertiary/aromatic N) is 1. The third kappa shape index (κ3) is 4.31. The number of rotatable bonds is 2. The highest BCUT2D eigenvalue weighted by atomic mass is 127. The van der Waals surface area contributed by atoms with E-state index >= 15 is 0 Å². The maximum absolute atomic E-state index is 11.2. The molecule has 84 valence electrons. The number of aromatic nitrogens is 1. The van der Waals surface area contributed by atoms with E-state index in [-0.39, 0.29) is 18.3 Å². The van der Waals surface area contributed by atoms with Gasteiger partial charge in [0.15, 0.2) is 0 Å². The van der Waals surface area contributed by atoms with Crippen LogP contribution in [0.3, 0.4) is 0 Å². The van der Waals surface area contributed by atoms with Crippen molar-refractivity contribution < 1.29 is 4.79 Å². The number of nitrogens with two attached hydrogens (primary N) is 1. The molecule has 0 aliphatic rings. The Hall–Kier alpha value is -0.400. The fourth-order valence-corrected chi connectivity index (χ4v) is 1.15. The monoisotopic (exact) mass is 341 g/mol. The van der Waals surface area contributed by atoms with Gasteiger partial charge in [0.25, 0.3) is 0 Å². The SMILES string of the molecule is Cc1nc(NC(=O)C(C)N)ccc1I.Cl. The van der Waals surface area contributed by atoms with Gasteiger partial charge in [-0.1, -0.05) is 0 Å². The topological polar surface area (TPSA) is 68.0 Å². The predicted octanol–water partition coefficient (Wildman–Crippen LogP) is 1.70. The number of hydrogen-bond acceptors (Lipinski definition) is 3. The molecule has 0 saturated carbocycles. The Balaban J connectivity index is 0.00000196. The molecule has 0 saturated heterocycles. The average molecular weight is 342 g/mol. The van der Waals surface area contributed by atoms with Crippen LogP contribution in [0.15, 0.2) is 12.1 Å². The number of hydrogen-bond donors (Lipinski definition) is 2. The van der Waals surface area contributed by atoms with E-state index in [2.05, 4.69) is 32.9 Å². The lowest BCUT2D eigenvalue weighted by molar-refractivity contribution is -0.117. The minimum atomic E-state index is -0.517. The lowest BCUT2D eigenvalue weighted by atomic mass is 10.3. The van der Waals surface area contributed by atoms with Gasteiger partial charge in [0.2, 0.25) is 5.91 Å². The Morgan fingerprint density at radius 1 is 1.60 bits per heavy atom. The quantitative estimate of drug-likeness (QED) is 0.805. The summed E-state index contributed by atoms with van der Waals surface area (Å²) in [5.41, 5.74) is 6.31. The maximum Gasteiger partial charge on any atom is 0.242 e. The molecule has 1 amide bonds. The molecule has 0 spiro atoms. The Labute approximate surface area is 109 Å². The van der Waals surface area contributed by atoms with E-state index in [1.807, 2.05) is 13.0 Å². The minimum Gasteiger partial charge on any atom is -0.320 e. The van der Waals surface area contributed by atoms with Crippen LogP contribution >= 0.6 is 35.0 Å². The number of pyridine rings is 1. The summed E-state index contributed by atoms with van der Waals surface area (Å²) in [6.07, 6.45) is 0. The first-order chi connectivity index (χ1) is 6.50. The smallest absolute Gasteiger partial charge is 0.242 e. The fourth-order valence-electron chi connectivity index (χ4n) is 0.854. The Morgan fingerprint density at radius 2 is 2.20 bits per heavy atom. The van der Waals surface area contributed by atoms with Crippen LogP contribution in [0.1, 0.15) is 12.6 Å². The molecule has 1 rings (SSSR count). The Kier molecular flexibility index (Phi) is 6.07. The van der Waals surface area contributed by atoms with Gasteiger partial charge < -0.3 is 11.1 Å². The summed E-state index contributed by atoms with van der Waals surface area (Å²) >= 11 is 2.19. The van der Waals surface area contributed by atoms with Crippen LogP contribution < -0.4 is 11.1 Å². The van der Waals surface area contributed by atoms with E-state index in [0.29, 0.717) is 5.82 Å². The highest BCUT2D eigenvalue weighted by molar-refractivity contribution is 14.1. The zero-order chi connectivity index (χ0) is 10.7. The molecular formula is C9H13ClIN3O. The molecule has 0 aliphatic heterocycles. The molecule has 1 atom stereocenters. The largest absolute Gasteiger partial charge is 0.320 e. The van der Waals surface area contributed by atoms with E-state index < -0.39 is 6.04 Å². The lowest BCUT2D eigenvalue weighted by Crippen LogP contribution is -2.32. The van der Waals surface area contributed by atoms with Gasteiger partial charge in [-0.05, 0) is 48.6 Å². The van der Waals surface area contributed by atoms with Crippen LogP contribution in [0.4, 0.5) is 5.82 Å². The van der Waals surface area contributed by atoms with Gasteiger partial charge in [-0.25, -0.2) is 4.98 Å². The van der Waals surface area contributed by atoms with Crippen molar-refractivity contribution in [2.75, 3.05) is 5.32 Å². The normalized spacial score (nSPS) is 11.5. The second-order valence-electron chi connectivity index (χ2n) is 3.04. The molecule has 0 bridgehead atoms. The summed E-state index contributed by atoms with van der Waals surface area (Å²) in [5, 5.41) is 2.63. The number of nitrogens with one attached hydrogen (secondary N) is 1. The first-order valence-electron chi connectivity index (χ1n) is 4.20. The third-order valence-electron chi connectivity index (χ3n) is 1.69. The average Bonchev–Trinajstić information content (AvgIpc) is 2.11. The summed E-state index contributed by atoms with van der Waals surface area (Å²) in [5.74, 6) is 0.323. The van der Waals surface area contributed by atoms with Gasteiger partial charge in [-0.2, -0.15) is 0 Å². The van der Waals surface area contributed by atoms with E-state index in [9.17, 15) is 4.79 Å². The van der Waals surface area contributed by atoms with E-state index in [4.69, 9.17) is 5.73 Å². The van der Waals surface area contributed by atoms with Gasteiger partial charge in [-0.3, -0.25) is 4.79 Å². The maximum atomic E-state index is 11.2. The number of carbonyl (C=O) groups is 1. The second-order valence-corrected chi connectivity index (χ2v) is 4.20. The summed E-state index contributed by atoms with van der Waals surface area (Å²) in [4.78, 5) is 15.4. The highest BCUT2D eigenvalue weighted by Crippen LogP contribution is 2.12. The van der Waals surface area contributed by atoms with Crippen molar-refractivity contribution >= 4 is 46.7 Å². The van der Waals surface area contributed by atoms with Gasteiger partial charge in [0.1, 0.15) is 5.82 Å². The Bertz CT molecular complexity index is 357. The molecule has 1 aromatic heterocycles. The van der Waals surface area contributed by atoms with Crippen LogP contribution in [-0.4, -0.2) is 16.9 Å². The van der Waals surface area contributed by atoms with Gasteiger partial charge in [0.05, 0.1) is 11.7 Å². The van der Waals surface area contributed by atoms with E-state index in [1.54, 1.807) is 13.0 Å². The Morgan fingerprint density at radius 3 is 2.67 bits per heavy atom. The van der Waals surface area contributed by atoms with Gasteiger partial charge in [0, 0.05) is 3.57 Å². The second kappa shape index (κ2) is 6.24. The van der Waals surface area contributed by atoms with Crippen LogP contribution in [0.5, 0.6) is 0 Å². The van der Waals surface area contributed by atoms with Crippen molar-refractivity contribution in [1.82, 2.24) is 4.98 Å². The minimum absolute atomic E-state index is 0. The molecule has 0 fully saturated rings. The zero-order valence-corrected chi connectivity index (χ0v) is 11.4. The fraction of sp³-hybridized carbons (Fsp3) is 0.333. The first kappa shape index (κ1) is 14.6. The van der Waals surface area contributed by atoms with Crippen molar-refractivity contribution in [1.29, 1.82) is 0 Å². The molecule has 0 aliphatic carbocycles. The van der Waals surface area contributed by atoms with E-state index in [1.165, 1.54) is 0 Å². The zero-order valence-electron chi connectivity index (χ0n) is 8.45. The summed E-state index contributed by atoms with van der Waals surface area (Å²) in [7, 11) is 0. The van der Waals surface area contributed by atoms with Gasteiger partial charge >= 0.3 is 0 Å². The molecule has 15 heavy (non-hydrogen) atoms. The van der Waals surface area contributed by atoms with Crippen LogP contribution in [0.25, 0.3) is 0 Å². The standard InChI is InChI=1S/C9H12IN3O.ClH/c1-5(11)9(14)13-8-4-3-7(10)6(2)12-8;/h3-5H,11H2,1-2H3,(H,12,13,14);1H. The number of aryl methyl sites for hydroxylation is 1. The number of amides is 1. The molecule has 6 heteroatoms. The summed E-state index contributed by atoms with van der Waals surface area (Å²) < 4.78 is 1.07. The van der Waals surface area contributed by atoms with Crippen molar-refractivity contribution in [2.24, 2.45) is 5.73 Å². The van der Waals surface area contributed by atoms with Crippen molar-refractivity contribution in [3.63, 3.8) is 0 Å². The highest BCUT2D eigenvalue weighted by Gasteiger charge is 2.08. The van der Waals surface area contributed by atoms with Crippen molar-refractivity contribution in [2.45, 2.75) is 19.9 Å². The molecule has 0 aromatic carbocycles. The lowest BCUT2D eigenvalue weighted by Gasteiger charge is -2.07. The third-order valence-corrected chi connectivity index (χ3v) is 2.83. The first-order valence-corrected chi connectivity index (χ1v) is 5.28. The molecule has 1 unspecified atom stereocenters.